The zero-order valence-electron chi connectivity index (χ0n) is 16.0. The van der Waals surface area contributed by atoms with Crippen LogP contribution in [0.2, 0.25) is 5.02 Å². The second-order valence-corrected chi connectivity index (χ2v) is 7.21. The Morgan fingerprint density at radius 2 is 1.83 bits per heavy atom. The van der Waals surface area contributed by atoms with E-state index in [1.165, 1.54) is 0 Å². The molecule has 1 saturated heterocycles. The lowest BCUT2D eigenvalue weighted by molar-refractivity contribution is 0.0741. The van der Waals surface area contributed by atoms with E-state index in [1.807, 2.05) is 41.3 Å². The summed E-state index contributed by atoms with van der Waals surface area (Å²) in [6.07, 6.45) is 0. The summed E-state index contributed by atoms with van der Waals surface area (Å²) in [6.45, 7) is 4.67. The van der Waals surface area contributed by atoms with Gasteiger partial charge in [0.1, 0.15) is 5.75 Å². The molecule has 1 fully saturated rings. The Bertz CT molecular complexity index is 982. The van der Waals surface area contributed by atoms with Crippen molar-refractivity contribution in [2.45, 2.75) is 13.5 Å². The van der Waals surface area contributed by atoms with E-state index < -0.39 is 0 Å². The maximum Gasteiger partial charge on any atom is 0.257 e. The lowest BCUT2D eigenvalue weighted by Crippen LogP contribution is -2.48. The van der Waals surface area contributed by atoms with Gasteiger partial charge in [0.25, 0.3) is 5.91 Å². The zero-order valence-corrected chi connectivity index (χ0v) is 16.8. The fraction of sp³-hybridized carbons (Fsp3) is 0.286. The van der Waals surface area contributed by atoms with Crippen molar-refractivity contribution >= 4 is 23.2 Å². The number of aromatic nitrogens is 2. The molecule has 1 aliphatic heterocycles. The number of halogens is 1. The van der Waals surface area contributed by atoms with Crippen LogP contribution >= 0.6 is 11.6 Å². The normalized spacial score (nSPS) is 14.1. The predicted octanol–water partition coefficient (Wildman–Crippen LogP) is 3.57. The number of para-hydroxylation sites is 1. The van der Waals surface area contributed by atoms with Gasteiger partial charge in [0.05, 0.1) is 5.56 Å². The summed E-state index contributed by atoms with van der Waals surface area (Å²) in [5.74, 6) is 1.40. The van der Waals surface area contributed by atoms with Gasteiger partial charge in [-0.25, -0.2) is 0 Å². The quantitative estimate of drug-likeness (QED) is 0.638. The standard InChI is InChI=1S/C21H21ClN4O3/c1-15-23-20(24-29-15)14-28-19-5-3-2-4-18(19)21(27)26-12-10-25(11-13-26)17-8-6-16(22)7-9-17/h2-9H,10-14H2,1H3. The van der Waals surface area contributed by atoms with Crippen LogP contribution in [0.3, 0.4) is 0 Å². The van der Waals surface area contributed by atoms with E-state index in [2.05, 4.69) is 15.0 Å². The number of amides is 1. The Labute approximate surface area is 173 Å². The Morgan fingerprint density at radius 1 is 1.10 bits per heavy atom. The number of hydrogen-bond acceptors (Lipinski definition) is 6. The fourth-order valence-electron chi connectivity index (χ4n) is 3.30. The lowest BCUT2D eigenvalue weighted by Gasteiger charge is -2.36. The molecule has 0 radical (unpaired) electrons. The molecule has 1 aliphatic rings. The molecule has 8 heteroatoms. The molecule has 0 unspecified atom stereocenters. The first kappa shape index (κ1) is 19.3. The molecule has 0 bridgehead atoms. The van der Waals surface area contributed by atoms with Gasteiger partial charge in [-0.2, -0.15) is 4.98 Å². The molecule has 2 heterocycles. The van der Waals surface area contributed by atoms with Gasteiger partial charge in [-0.15, -0.1) is 0 Å². The van der Waals surface area contributed by atoms with Gasteiger partial charge in [0, 0.05) is 43.8 Å². The van der Waals surface area contributed by atoms with E-state index in [-0.39, 0.29) is 12.5 Å². The Kier molecular flexibility index (Phi) is 5.67. The highest BCUT2D eigenvalue weighted by molar-refractivity contribution is 6.30. The van der Waals surface area contributed by atoms with Gasteiger partial charge in [0.2, 0.25) is 11.7 Å². The monoisotopic (exact) mass is 412 g/mol. The number of aryl methyl sites for hydroxylation is 1. The van der Waals surface area contributed by atoms with E-state index in [0.29, 0.717) is 36.1 Å². The van der Waals surface area contributed by atoms with Gasteiger partial charge in [-0.3, -0.25) is 4.79 Å². The number of nitrogens with zero attached hydrogens (tertiary/aromatic N) is 4. The average molecular weight is 413 g/mol. The van der Waals surface area contributed by atoms with Crippen LogP contribution in [0.5, 0.6) is 5.75 Å². The molecular weight excluding hydrogens is 392 g/mol. The highest BCUT2D eigenvalue weighted by Gasteiger charge is 2.24. The van der Waals surface area contributed by atoms with Crippen molar-refractivity contribution in [3.05, 3.63) is 70.8 Å². The first-order chi connectivity index (χ1) is 14.1. The smallest absolute Gasteiger partial charge is 0.257 e. The van der Waals surface area contributed by atoms with Crippen molar-refractivity contribution in [1.29, 1.82) is 0 Å². The molecule has 0 N–H and O–H groups in total. The molecule has 150 valence electrons. The van der Waals surface area contributed by atoms with Crippen LogP contribution < -0.4 is 9.64 Å². The van der Waals surface area contributed by atoms with Crippen molar-refractivity contribution in [2.75, 3.05) is 31.1 Å². The molecule has 0 aliphatic carbocycles. The van der Waals surface area contributed by atoms with Crippen molar-refractivity contribution < 1.29 is 14.1 Å². The summed E-state index contributed by atoms with van der Waals surface area (Å²) in [5, 5.41) is 4.54. The number of ether oxygens (including phenoxy) is 1. The highest BCUT2D eigenvalue weighted by Crippen LogP contribution is 2.23. The van der Waals surface area contributed by atoms with Crippen LogP contribution in [0.25, 0.3) is 0 Å². The maximum absolute atomic E-state index is 13.1. The third-order valence-electron chi connectivity index (χ3n) is 4.80. The van der Waals surface area contributed by atoms with E-state index in [1.54, 1.807) is 19.1 Å². The molecule has 1 aromatic heterocycles. The number of carbonyl (C=O) groups excluding carboxylic acids is 1. The summed E-state index contributed by atoms with van der Waals surface area (Å²) in [7, 11) is 0. The summed E-state index contributed by atoms with van der Waals surface area (Å²) in [4.78, 5) is 21.3. The summed E-state index contributed by atoms with van der Waals surface area (Å²) in [5.41, 5.74) is 1.65. The topological polar surface area (TPSA) is 71.7 Å². The van der Waals surface area contributed by atoms with Crippen molar-refractivity contribution in [2.24, 2.45) is 0 Å². The largest absolute Gasteiger partial charge is 0.485 e. The predicted molar refractivity (Wildman–Crippen MR) is 109 cm³/mol. The second kappa shape index (κ2) is 8.53. The van der Waals surface area contributed by atoms with E-state index in [4.69, 9.17) is 20.9 Å². The number of carbonyl (C=O) groups is 1. The minimum atomic E-state index is -0.0411. The van der Waals surface area contributed by atoms with Crippen molar-refractivity contribution in [3.8, 4) is 5.75 Å². The third-order valence-corrected chi connectivity index (χ3v) is 5.05. The molecule has 0 spiro atoms. The Balaban J connectivity index is 1.40. The van der Waals surface area contributed by atoms with Crippen LogP contribution in [-0.2, 0) is 6.61 Å². The zero-order chi connectivity index (χ0) is 20.2. The fourth-order valence-corrected chi connectivity index (χ4v) is 3.43. The Morgan fingerprint density at radius 3 is 2.52 bits per heavy atom. The van der Waals surface area contributed by atoms with Crippen LogP contribution in [0.1, 0.15) is 22.1 Å². The van der Waals surface area contributed by atoms with E-state index >= 15 is 0 Å². The van der Waals surface area contributed by atoms with Crippen LogP contribution in [0, 0.1) is 6.92 Å². The molecule has 29 heavy (non-hydrogen) atoms. The summed E-state index contributed by atoms with van der Waals surface area (Å²) >= 11 is 5.97. The van der Waals surface area contributed by atoms with Gasteiger partial charge >= 0.3 is 0 Å². The van der Waals surface area contributed by atoms with Crippen LogP contribution in [0.4, 0.5) is 5.69 Å². The van der Waals surface area contributed by atoms with E-state index in [9.17, 15) is 4.79 Å². The molecular formula is C21H21ClN4O3. The second-order valence-electron chi connectivity index (χ2n) is 6.77. The number of anilines is 1. The van der Waals surface area contributed by atoms with Gasteiger partial charge < -0.3 is 19.1 Å². The summed E-state index contributed by atoms with van der Waals surface area (Å²) in [6, 6.07) is 15.0. The number of piperazine rings is 1. The first-order valence-electron chi connectivity index (χ1n) is 9.41. The van der Waals surface area contributed by atoms with Crippen LogP contribution in [-0.4, -0.2) is 47.1 Å². The summed E-state index contributed by atoms with van der Waals surface area (Å²) < 4.78 is 10.7. The number of hydrogen-bond donors (Lipinski definition) is 0. The third kappa shape index (κ3) is 4.51. The minimum absolute atomic E-state index is 0.0411. The van der Waals surface area contributed by atoms with Gasteiger partial charge in [-0.1, -0.05) is 28.9 Å². The number of rotatable bonds is 5. The maximum atomic E-state index is 13.1. The van der Waals surface area contributed by atoms with Crippen LogP contribution in [0.15, 0.2) is 53.1 Å². The van der Waals surface area contributed by atoms with Crippen molar-refractivity contribution in [3.63, 3.8) is 0 Å². The van der Waals surface area contributed by atoms with Gasteiger partial charge in [0.15, 0.2) is 6.61 Å². The molecule has 4 rings (SSSR count). The molecule has 0 atom stereocenters. The SMILES string of the molecule is Cc1nc(COc2ccccc2C(=O)N2CCN(c3ccc(Cl)cc3)CC2)no1. The first-order valence-corrected chi connectivity index (χ1v) is 9.79. The lowest BCUT2D eigenvalue weighted by atomic mass is 10.1. The van der Waals surface area contributed by atoms with Crippen molar-refractivity contribution in [1.82, 2.24) is 15.0 Å². The molecule has 0 saturated carbocycles. The molecule has 7 nitrogen and oxygen atoms in total. The molecule has 3 aromatic rings. The molecule has 2 aromatic carbocycles. The van der Waals surface area contributed by atoms with E-state index in [0.717, 1.165) is 23.8 Å². The Hall–Kier alpha value is -3.06. The van der Waals surface area contributed by atoms with Gasteiger partial charge in [-0.05, 0) is 36.4 Å². The highest BCUT2D eigenvalue weighted by atomic mass is 35.5. The average Bonchev–Trinajstić information content (AvgIpc) is 3.18. The minimum Gasteiger partial charge on any atom is -0.485 e. The number of benzene rings is 2. The molecule has 1 amide bonds.